The van der Waals surface area contributed by atoms with Gasteiger partial charge in [0, 0.05) is 29.2 Å². The van der Waals surface area contributed by atoms with Gasteiger partial charge in [-0.05, 0) is 18.2 Å². The number of halogens is 2. The third-order valence-electron chi connectivity index (χ3n) is 2.09. The maximum atomic E-state index is 11.4. The van der Waals surface area contributed by atoms with Crippen LogP contribution in [0.4, 0.5) is 5.69 Å². The number of carboxylic acid groups (broad SMARTS) is 1. The molecule has 1 aromatic carbocycles. The summed E-state index contributed by atoms with van der Waals surface area (Å²) < 4.78 is 0. The molecule has 0 saturated heterocycles. The summed E-state index contributed by atoms with van der Waals surface area (Å²) in [5.74, 6) is -1.23. The highest BCUT2D eigenvalue weighted by atomic mass is 35.5. The molecule has 6 heteroatoms. The lowest BCUT2D eigenvalue weighted by atomic mass is 10.2. The highest BCUT2D eigenvalue weighted by Crippen LogP contribution is 2.25. The van der Waals surface area contributed by atoms with Crippen molar-refractivity contribution < 1.29 is 14.7 Å². The van der Waals surface area contributed by atoms with E-state index in [1.54, 1.807) is 18.2 Å². The molecule has 17 heavy (non-hydrogen) atoms. The zero-order valence-electron chi connectivity index (χ0n) is 9.11. The molecule has 1 aromatic rings. The van der Waals surface area contributed by atoms with Crippen LogP contribution in [0.5, 0.6) is 0 Å². The van der Waals surface area contributed by atoms with Crippen molar-refractivity contribution in [3.05, 3.63) is 28.2 Å². The van der Waals surface area contributed by atoms with Gasteiger partial charge in [0.25, 0.3) is 0 Å². The maximum Gasteiger partial charge on any atom is 0.305 e. The normalized spacial score (nSPS) is 10.1. The van der Waals surface area contributed by atoms with E-state index >= 15 is 0 Å². The summed E-state index contributed by atoms with van der Waals surface area (Å²) in [5.41, 5.74) is 0.497. The summed E-state index contributed by atoms with van der Waals surface area (Å²) in [6, 6.07) is 4.68. The van der Waals surface area contributed by atoms with Gasteiger partial charge in [-0.2, -0.15) is 0 Å². The maximum absolute atomic E-state index is 11.4. The monoisotopic (exact) mass is 275 g/mol. The fourth-order valence-corrected chi connectivity index (χ4v) is 1.89. The predicted molar refractivity (Wildman–Crippen MR) is 66.7 cm³/mol. The van der Waals surface area contributed by atoms with E-state index in [2.05, 4.69) is 0 Å². The van der Waals surface area contributed by atoms with Gasteiger partial charge in [-0.1, -0.05) is 23.2 Å². The van der Waals surface area contributed by atoms with Crippen LogP contribution in [0.3, 0.4) is 0 Å². The number of hydrogen-bond donors (Lipinski definition) is 1. The van der Waals surface area contributed by atoms with Crippen LogP contribution in [0.15, 0.2) is 18.2 Å². The summed E-state index contributed by atoms with van der Waals surface area (Å²) in [4.78, 5) is 23.3. The van der Waals surface area contributed by atoms with Gasteiger partial charge in [0.15, 0.2) is 0 Å². The van der Waals surface area contributed by atoms with Gasteiger partial charge in [0.05, 0.1) is 6.42 Å². The second-order valence-corrected chi connectivity index (χ2v) is 4.31. The highest BCUT2D eigenvalue weighted by molar-refractivity contribution is 6.35. The molecular formula is C11H11Cl2NO3. The molecule has 0 radical (unpaired) electrons. The Labute approximate surface area is 109 Å². The Morgan fingerprint density at radius 3 is 2.18 bits per heavy atom. The van der Waals surface area contributed by atoms with Gasteiger partial charge in [-0.15, -0.1) is 0 Å². The lowest BCUT2D eigenvalue weighted by molar-refractivity contribution is -0.136. The Morgan fingerprint density at radius 1 is 1.24 bits per heavy atom. The van der Waals surface area contributed by atoms with Crippen molar-refractivity contribution in [2.45, 2.75) is 13.3 Å². The first kappa shape index (κ1) is 13.8. The molecule has 0 aliphatic rings. The van der Waals surface area contributed by atoms with Crippen LogP contribution in [0.1, 0.15) is 13.3 Å². The van der Waals surface area contributed by atoms with E-state index in [0.29, 0.717) is 15.7 Å². The highest BCUT2D eigenvalue weighted by Gasteiger charge is 2.14. The van der Waals surface area contributed by atoms with Crippen LogP contribution < -0.4 is 4.90 Å². The summed E-state index contributed by atoms with van der Waals surface area (Å²) in [6.45, 7) is 1.44. The molecule has 0 heterocycles. The van der Waals surface area contributed by atoms with Crippen molar-refractivity contribution in [3.63, 3.8) is 0 Å². The SMILES string of the molecule is CC(=O)N(CCC(=O)O)c1cc(Cl)cc(Cl)c1. The van der Waals surface area contributed by atoms with E-state index in [1.807, 2.05) is 0 Å². The molecule has 0 bridgehead atoms. The van der Waals surface area contributed by atoms with Crippen LogP contribution in [0.25, 0.3) is 0 Å². The Hall–Kier alpha value is -1.26. The van der Waals surface area contributed by atoms with E-state index in [4.69, 9.17) is 28.3 Å². The summed E-state index contributed by atoms with van der Waals surface area (Å²) >= 11 is 11.6. The Bertz CT molecular complexity index is 428. The molecule has 0 fully saturated rings. The number of amides is 1. The first-order valence-corrected chi connectivity index (χ1v) is 5.61. The lowest BCUT2D eigenvalue weighted by Gasteiger charge is -2.20. The standard InChI is InChI=1S/C11H11Cl2NO3/c1-7(15)14(3-2-11(16)17)10-5-8(12)4-9(13)6-10/h4-6H,2-3H2,1H3,(H,16,17). The lowest BCUT2D eigenvalue weighted by Crippen LogP contribution is -2.30. The summed E-state index contributed by atoms with van der Waals surface area (Å²) in [5, 5.41) is 9.40. The third-order valence-corrected chi connectivity index (χ3v) is 2.52. The number of aliphatic carboxylic acids is 1. The topological polar surface area (TPSA) is 57.6 Å². The molecule has 0 spiro atoms. The molecular weight excluding hydrogens is 265 g/mol. The molecule has 0 unspecified atom stereocenters. The number of rotatable bonds is 4. The molecule has 0 aliphatic carbocycles. The minimum absolute atomic E-state index is 0.0847. The zero-order valence-corrected chi connectivity index (χ0v) is 10.6. The molecule has 92 valence electrons. The fourth-order valence-electron chi connectivity index (χ4n) is 1.37. The Kier molecular flexibility index (Phi) is 4.78. The van der Waals surface area contributed by atoms with Crippen molar-refractivity contribution >= 4 is 40.8 Å². The minimum atomic E-state index is -0.968. The van der Waals surface area contributed by atoms with Crippen molar-refractivity contribution in [1.29, 1.82) is 0 Å². The van der Waals surface area contributed by atoms with Crippen LogP contribution >= 0.6 is 23.2 Å². The van der Waals surface area contributed by atoms with E-state index in [-0.39, 0.29) is 18.9 Å². The Morgan fingerprint density at radius 2 is 1.76 bits per heavy atom. The van der Waals surface area contributed by atoms with Gasteiger partial charge in [0.2, 0.25) is 5.91 Å². The zero-order chi connectivity index (χ0) is 13.0. The number of carboxylic acids is 1. The van der Waals surface area contributed by atoms with E-state index in [9.17, 15) is 9.59 Å². The average Bonchev–Trinajstić information content (AvgIpc) is 2.14. The van der Waals surface area contributed by atoms with Crippen LogP contribution in [0.2, 0.25) is 10.0 Å². The second-order valence-electron chi connectivity index (χ2n) is 3.44. The van der Waals surface area contributed by atoms with Crippen LogP contribution in [0, 0.1) is 0 Å². The number of hydrogen-bond acceptors (Lipinski definition) is 2. The Balaban J connectivity index is 2.96. The van der Waals surface area contributed by atoms with Crippen molar-refractivity contribution in [3.8, 4) is 0 Å². The van der Waals surface area contributed by atoms with Gasteiger partial charge in [-0.25, -0.2) is 0 Å². The quantitative estimate of drug-likeness (QED) is 0.919. The number of carbonyl (C=O) groups is 2. The first-order chi connectivity index (χ1) is 7.90. The molecule has 1 amide bonds. The molecule has 4 nitrogen and oxygen atoms in total. The second kappa shape index (κ2) is 5.89. The van der Waals surface area contributed by atoms with Crippen molar-refractivity contribution in [2.75, 3.05) is 11.4 Å². The molecule has 0 aromatic heterocycles. The number of nitrogens with zero attached hydrogens (tertiary/aromatic N) is 1. The van der Waals surface area contributed by atoms with E-state index in [0.717, 1.165) is 0 Å². The van der Waals surface area contributed by atoms with Gasteiger partial charge >= 0.3 is 5.97 Å². The largest absolute Gasteiger partial charge is 0.481 e. The van der Waals surface area contributed by atoms with Crippen LogP contribution in [-0.4, -0.2) is 23.5 Å². The van der Waals surface area contributed by atoms with E-state index < -0.39 is 5.97 Å². The summed E-state index contributed by atoms with van der Waals surface area (Å²) in [7, 11) is 0. The van der Waals surface area contributed by atoms with Crippen molar-refractivity contribution in [2.24, 2.45) is 0 Å². The third kappa shape index (κ3) is 4.24. The van der Waals surface area contributed by atoms with Crippen molar-refractivity contribution in [1.82, 2.24) is 0 Å². The smallest absolute Gasteiger partial charge is 0.305 e. The predicted octanol–water partition coefficient (Wildman–Crippen LogP) is 2.82. The number of anilines is 1. The first-order valence-electron chi connectivity index (χ1n) is 4.86. The fraction of sp³-hybridized carbons (Fsp3) is 0.273. The molecule has 1 rings (SSSR count). The number of benzene rings is 1. The average molecular weight is 276 g/mol. The molecule has 0 aliphatic heterocycles. The molecule has 0 atom stereocenters. The summed E-state index contributed by atoms with van der Waals surface area (Å²) in [6.07, 6.45) is -0.135. The number of carbonyl (C=O) groups excluding carboxylic acids is 1. The molecule has 0 saturated carbocycles. The van der Waals surface area contributed by atoms with Crippen LogP contribution in [-0.2, 0) is 9.59 Å². The molecule has 1 N–H and O–H groups in total. The minimum Gasteiger partial charge on any atom is -0.481 e. The van der Waals surface area contributed by atoms with E-state index in [1.165, 1.54) is 11.8 Å². The van der Waals surface area contributed by atoms with Gasteiger partial charge in [-0.3, -0.25) is 9.59 Å². The van der Waals surface area contributed by atoms with Gasteiger partial charge in [0.1, 0.15) is 0 Å². The van der Waals surface area contributed by atoms with Gasteiger partial charge < -0.3 is 10.0 Å².